The van der Waals surface area contributed by atoms with Crippen LogP contribution in [0.5, 0.6) is 0 Å². The van der Waals surface area contributed by atoms with Crippen molar-refractivity contribution in [1.29, 1.82) is 0 Å². The van der Waals surface area contributed by atoms with E-state index >= 15 is 0 Å². The first-order valence-corrected chi connectivity index (χ1v) is 6.47. The largest absolute Gasteiger partial charge is 0.394 e. The zero-order valence-corrected chi connectivity index (χ0v) is 11.9. The lowest BCUT2D eigenvalue weighted by Gasteiger charge is -2.45. The topological polar surface area (TPSA) is 58.7 Å². The van der Waals surface area contributed by atoms with E-state index in [-0.39, 0.29) is 18.3 Å². The van der Waals surface area contributed by atoms with Crippen molar-refractivity contribution in [2.75, 3.05) is 19.7 Å². The second-order valence-electron chi connectivity index (χ2n) is 6.48. The first kappa shape index (κ1) is 14.9. The Bertz CT molecular complexity index is 254. The van der Waals surface area contributed by atoms with Gasteiger partial charge in [-0.15, -0.1) is 0 Å². The summed E-state index contributed by atoms with van der Waals surface area (Å²) in [6.07, 6.45) is 1.05. The van der Waals surface area contributed by atoms with Gasteiger partial charge in [0.25, 0.3) is 0 Å². The van der Waals surface area contributed by atoms with E-state index in [4.69, 9.17) is 10.5 Å². The molecule has 0 radical (unpaired) electrons. The van der Waals surface area contributed by atoms with E-state index in [1.807, 2.05) is 6.92 Å². The van der Waals surface area contributed by atoms with Crippen LogP contribution in [0.1, 0.15) is 41.0 Å². The molecule has 1 fully saturated rings. The lowest BCUT2D eigenvalue weighted by Crippen LogP contribution is -2.56. The highest BCUT2D eigenvalue weighted by Crippen LogP contribution is 2.24. The highest BCUT2D eigenvalue weighted by Gasteiger charge is 2.35. The van der Waals surface area contributed by atoms with E-state index in [0.29, 0.717) is 6.04 Å². The number of aliphatic hydroxyl groups is 1. The second-order valence-corrected chi connectivity index (χ2v) is 6.48. The molecule has 0 aromatic heterocycles. The minimum absolute atomic E-state index is 0.0284. The van der Waals surface area contributed by atoms with Crippen molar-refractivity contribution in [1.82, 2.24) is 4.90 Å². The molecule has 1 aliphatic rings. The molecule has 1 rings (SSSR count). The fourth-order valence-electron chi connectivity index (χ4n) is 2.71. The van der Waals surface area contributed by atoms with E-state index in [0.717, 1.165) is 19.5 Å². The maximum absolute atomic E-state index is 9.23. The number of morpholine rings is 1. The normalized spacial score (nSPS) is 30.9. The van der Waals surface area contributed by atoms with Crippen molar-refractivity contribution < 1.29 is 9.84 Å². The summed E-state index contributed by atoms with van der Waals surface area (Å²) in [5.41, 5.74) is 5.42. The standard InChI is InChI=1S/C13H28N2O2/c1-10(6-13(5,14)9-16)15-7-11(2)17-12(3,4)8-15/h10-11,16H,6-9,14H2,1-5H3. The van der Waals surface area contributed by atoms with Gasteiger partial charge in [-0.05, 0) is 41.0 Å². The predicted octanol–water partition coefficient (Wildman–Crippen LogP) is 0.974. The quantitative estimate of drug-likeness (QED) is 0.774. The van der Waals surface area contributed by atoms with Crippen LogP contribution in [-0.2, 0) is 4.74 Å². The van der Waals surface area contributed by atoms with Crippen LogP contribution in [0, 0.1) is 0 Å². The zero-order chi connectivity index (χ0) is 13.3. The molecule has 0 spiro atoms. The molecule has 3 atom stereocenters. The molecule has 1 aliphatic heterocycles. The van der Waals surface area contributed by atoms with Gasteiger partial charge >= 0.3 is 0 Å². The Labute approximate surface area is 105 Å². The molecule has 0 aromatic rings. The van der Waals surface area contributed by atoms with Gasteiger partial charge in [0, 0.05) is 24.7 Å². The van der Waals surface area contributed by atoms with Crippen LogP contribution in [0.25, 0.3) is 0 Å². The van der Waals surface area contributed by atoms with Gasteiger partial charge in [-0.25, -0.2) is 0 Å². The lowest BCUT2D eigenvalue weighted by atomic mass is 9.93. The minimum atomic E-state index is -0.495. The summed E-state index contributed by atoms with van der Waals surface area (Å²) in [5, 5.41) is 9.23. The number of nitrogens with two attached hydrogens (primary N) is 1. The van der Waals surface area contributed by atoms with Gasteiger partial charge in [-0.3, -0.25) is 4.90 Å². The van der Waals surface area contributed by atoms with E-state index in [9.17, 15) is 5.11 Å². The molecule has 102 valence electrons. The Kier molecular flexibility index (Phi) is 4.58. The van der Waals surface area contributed by atoms with Crippen molar-refractivity contribution in [3.05, 3.63) is 0 Å². The van der Waals surface area contributed by atoms with E-state index in [1.54, 1.807) is 0 Å². The van der Waals surface area contributed by atoms with E-state index in [2.05, 4.69) is 32.6 Å². The smallest absolute Gasteiger partial charge is 0.0757 e. The first-order chi connectivity index (χ1) is 7.65. The average molecular weight is 244 g/mol. The summed E-state index contributed by atoms with van der Waals surface area (Å²) in [6.45, 7) is 12.3. The van der Waals surface area contributed by atoms with Crippen molar-refractivity contribution >= 4 is 0 Å². The lowest BCUT2D eigenvalue weighted by molar-refractivity contribution is -0.138. The highest BCUT2D eigenvalue weighted by molar-refractivity contribution is 4.89. The SMILES string of the molecule is CC1CN(C(C)CC(C)(N)CO)CC(C)(C)O1. The zero-order valence-electron chi connectivity index (χ0n) is 11.9. The maximum atomic E-state index is 9.23. The van der Waals surface area contributed by atoms with Crippen LogP contribution in [0.4, 0.5) is 0 Å². The molecule has 4 nitrogen and oxygen atoms in total. The Morgan fingerprint density at radius 1 is 1.59 bits per heavy atom. The first-order valence-electron chi connectivity index (χ1n) is 6.47. The summed E-state index contributed by atoms with van der Waals surface area (Å²) >= 11 is 0. The third-order valence-electron chi connectivity index (χ3n) is 3.34. The summed E-state index contributed by atoms with van der Waals surface area (Å²) in [4.78, 5) is 2.41. The molecular formula is C13H28N2O2. The van der Waals surface area contributed by atoms with E-state index < -0.39 is 5.54 Å². The monoisotopic (exact) mass is 244 g/mol. The minimum Gasteiger partial charge on any atom is -0.394 e. The maximum Gasteiger partial charge on any atom is 0.0757 e. The Hall–Kier alpha value is -0.160. The molecule has 0 amide bonds. The van der Waals surface area contributed by atoms with Crippen LogP contribution in [0.15, 0.2) is 0 Å². The summed E-state index contributed by atoms with van der Waals surface area (Å²) in [5.74, 6) is 0. The van der Waals surface area contributed by atoms with Crippen molar-refractivity contribution in [2.24, 2.45) is 5.73 Å². The molecule has 17 heavy (non-hydrogen) atoms. The molecule has 0 aromatic carbocycles. The van der Waals surface area contributed by atoms with Crippen molar-refractivity contribution in [3.8, 4) is 0 Å². The molecular weight excluding hydrogens is 216 g/mol. The Morgan fingerprint density at radius 2 is 2.18 bits per heavy atom. The van der Waals surface area contributed by atoms with Crippen LogP contribution >= 0.6 is 0 Å². The molecule has 0 bridgehead atoms. The fraction of sp³-hybridized carbons (Fsp3) is 1.00. The van der Waals surface area contributed by atoms with Gasteiger partial charge in [-0.1, -0.05) is 0 Å². The highest BCUT2D eigenvalue weighted by atomic mass is 16.5. The third kappa shape index (κ3) is 4.54. The van der Waals surface area contributed by atoms with Gasteiger partial charge in [-0.2, -0.15) is 0 Å². The molecule has 0 aliphatic carbocycles. The Balaban J connectivity index is 2.60. The second kappa shape index (κ2) is 5.22. The van der Waals surface area contributed by atoms with Gasteiger partial charge in [0.2, 0.25) is 0 Å². The number of hydrogen-bond donors (Lipinski definition) is 2. The van der Waals surface area contributed by atoms with Gasteiger partial charge in [0.1, 0.15) is 0 Å². The fourth-order valence-corrected chi connectivity index (χ4v) is 2.71. The molecule has 1 saturated heterocycles. The number of aliphatic hydroxyl groups excluding tert-OH is 1. The van der Waals surface area contributed by atoms with Crippen molar-refractivity contribution in [3.63, 3.8) is 0 Å². The number of ether oxygens (including phenoxy) is 1. The van der Waals surface area contributed by atoms with Gasteiger partial charge in [0.15, 0.2) is 0 Å². The third-order valence-corrected chi connectivity index (χ3v) is 3.34. The summed E-state index contributed by atoms with van der Waals surface area (Å²) in [7, 11) is 0. The van der Waals surface area contributed by atoms with Crippen LogP contribution in [0.2, 0.25) is 0 Å². The van der Waals surface area contributed by atoms with Crippen LogP contribution in [0.3, 0.4) is 0 Å². The number of nitrogens with zero attached hydrogens (tertiary/aromatic N) is 1. The Morgan fingerprint density at radius 3 is 2.65 bits per heavy atom. The van der Waals surface area contributed by atoms with Crippen molar-refractivity contribution in [2.45, 2.75) is 64.3 Å². The van der Waals surface area contributed by atoms with Gasteiger partial charge in [0.05, 0.1) is 18.3 Å². The molecule has 0 saturated carbocycles. The van der Waals surface area contributed by atoms with Crippen LogP contribution in [-0.4, -0.2) is 53.0 Å². The predicted molar refractivity (Wildman–Crippen MR) is 70.0 cm³/mol. The summed E-state index contributed by atoms with van der Waals surface area (Å²) in [6, 6.07) is 0.364. The van der Waals surface area contributed by atoms with Gasteiger partial charge < -0.3 is 15.6 Å². The van der Waals surface area contributed by atoms with E-state index in [1.165, 1.54) is 0 Å². The molecule has 3 N–H and O–H groups in total. The summed E-state index contributed by atoms with van der Waals surface area (Å²) < 4.78 is 5.89. The number of hydrogen-bond acceptors (Lipinski definition) is 4. The molecule has 3 unspecified atom stereocenters. The van der Waals surface area contributed by atoms with Crippen LogP contribution < -0.4 is 5.73 Å². The average Bonchev–Trinajstić information content (AvgIpc) is 2.14. The number of rotatable bonds is 4. The molecule has 1 heterocycles. The molecule has 4 heteroatoms.